The predicted molar refractivity (Wildman–Crippen MR) is 132 cm³/mol. The molecule has 0 unspecified atom stereocenters. The first-order valence-corrected chi connectivity index (χ1v) is 11.3. The summed E-state index contributed by atoms with van der Waals surface area (Å²) in [5.41, 5.74) is 7.61. The quantitative estimate of drug-likeness (QED) is 0.350. The van der Waals surface area contributed by atoms with Crippen LogP contribution in [0.4, 0.5) is 5.95 Å². The molecular weight excluding hydrogens is 412 g/mol. The minimum Gasteiger partial charge on any atom is -0.358 e. The van der Waals surface area contributed by atoms with Gasteiger partial charge in [0.15, 0.2) is 0 Å². The van der Waals surface area contributed by atoms with Gasteiger partial charge in [-0.1, -0.05) is 48.5 Å². The Morgan fingerprint density at radius 3 is 2.61 bits per heavy atom. The van der Waals surface area contributed by atoms with E-state index >= 15 is 0 Å². The third-order valence-corrected chi connectivity index (χ3v) is 5.96. The van der Waals surface area contributed by atoms with Gasteiger partial charge in [0.25, 0.3) is 5.91 Å². The van der Waals surface area contributed by atoms with Crippen molar-refractivity contribution in [2.75, 3.05) is 18.0 Å². The summed E-state index contributed by atoms with van der Waals surface area (Å²) in [7, 11) is 0. The van der Waals surface area contributed by atoms with Crippen LogP contribution < -0.4 is 10.3 Å². The molecule has 0 spiro atoms. The molecule has 166 valence electrons. The maximum absolute atomic E-state index is 13.0. The second kappa shape index (κ2) is 9.24. The molecule has 0 radical (unpaired) electrons. The molecule has 0 saturated carbocycles. The molecule has 1 amide bonds. The molecule has 2 aromatic heterocycles. The number of piperidine rings is 1. The lowest BCUT2D eigenvalue weighted by atomic mass is 10.1. The van der Waals surface area contributed by atoms with Crippen molar-refractivity contribution >= 4 is 29.0 Å². The smallest absolute Gasteiger partial charge is 0.290 e. The van der Waals surface area contributed by atoms with Gasteiger partial charge in [0, 0.05) is 40.8 Å². The van der Waals surface area contributed by atoms with Crippen LogP contribution in [0.25, 0.3) is 22.2 Å². The second-order valence-electron chi connectivity index (χ2n) is 8.26. The van der Waals surface area contributed by atoms with Crippen LogP contribution in [-0.2, 0) is 0 Å². The van der Waals surface area contributed by atoms with E-state index in [1.54, 1.807) is 12.3 Å². The number of hydrogen-bond donors (Lipinski definition) is 2. The van der Waals surface area contributed by atoms with Crippen molar-refractivity contribution in [2.45, 2.75) is 26.2 Å². The third kappa shape index (κ3) is 4.48. The largest absolute Gasteiger partial charge is 0.358 e. The number of aromatic amines is 1. The van der Waals surface area contributed by atoms with Crippen molar-refractivity contribution in [1.29, 1.82) is 0 Å². The number of aryl methyl sites for hydroxylation is 1. The van der Waals surface area contributed by atoms with Crippen molar-refractivity contribution in [1.82, 2.24) is 20.4 Å². The molecule has 1 aliphatic rings. The number of benzene rings is 2. The minimum atomic E-state index is -0.360. The number of fused-ring (bicyclic) bond motifs is 1. The number of para-hydroxylation sites is 1. The molecule has 2 aromatic carbocycles. The molecule has 0 aliphatic carbocycles. The topological polar surface area (TPSA) is 86.3 Å². The van der Waals surface area contributed by atoms with Crippen molar-refractivity contribution in [3.05, 3.63) is 77.6 Å². The van der Waals surface area contributed by atoms with Crippen molar-refractivity contribution < 1.29 is 4.79 Å². The molecule has 1 saturated heterocycles. The van der Waals surface area contributed by atoms with Gasteiger partial charge in [-0.25, -0.2) is 15.4 Å². The molecule has 0 atom stereocenters. The fourth-order valence-electron chi connectivity index (χ4n) is 4.22. The summed E-state index contributed by atoms with van der Waals surface area (Å²) < 4.78 is 0. The standard InChI is InChI=1S/C26H26N6O/c1-18-21(20-12-6-7-13-22(20)28-18)17-27-31-25(33)24-16-23(19-10-4-2-5-11-19)29-26(30-24)32-14-8-3-9-15-32/h2,4-7,10-13,16-17,28H,3,8-9,14-15H2,1H3,(H,31,33)/b27-17+. The zero-order valence-corrected chi connectivity index (χ0v) is 18.6. The van der Waals surface area contributed by atoms with Gasteiger partial charge in [0.1, 0.15) is 5.69 Å². The Labute approximate surface area is 192 Å². The Kier molecular flexibility index (Phi) is 5.85. The lowest BCUT2D eigenvalue weighted by Crippen LogP contribution is -2.32. The number of hydrazone groups is 1. The number of carbonyl (C=O) groups is 1. The zero-order valence-electron chi connectivity index (χ0n) is 18.6. The summed E-state index contributed by atoms with van der Waals surface area (Å²) in [6, 6.07) is 19.6. The highest BCUT2D eigenvalue weighted by Gasteiger charge is 2.18. The van der Waals surface area contributed by atoms with Crippen LogP contribution in [0.5, 0.6) is 0 Å². The van der Waals surface area contributed by atoms with Gasteiger partial charge in [-0.05, 0) is 38.3 Å². The molecule has 3 heterocycles. The fourth-order valence-corrected chi connectivity index (χ4v) is 4.22. The highest BCUT2D eigenvalue weighted by molar-refractivity contribution is 6.01. The highest BCUT2D eigenvalue weighted by Crippen LogP contribution is 2.23. The molecule has 33 heavy (non-hydrogen) atoms. The predicted octanol–water partition coefficient (Wildman–Crippen LogP) is 4.69. The Morgan fingerprint density at radius 1 is 1.03 bits per heavy atom. The summed E-state index contributed by atoms with van der Waals surface area (Å²) >= 11 is 0. The summed E-state index contributed by atoms with van der Waals surface area (Å²) in [6.45, 7) is 3.79. The second-order valence-corrected chi connectivity index (χ2v) is 8.26. The van der Waals surface area contributed by atoms with Gasteiger partial charge >= 0.3 is 0 Å². The first kappa shape index (κ1) is 20.9. The van der Waals surface area contributed by atoms with Crippen molar-refractivity contribution in [3.63, 3.8) is 0 Å². The summed E-state index contributed by atoms with van der Waals surface area (Å²) in [6.07, 6.45) is 5.10. The van der Waals surface area contributed by atoms with E-state index in [9.17, 15) is 4.79 Å². The molecular formula is C26H26N6O. The van der Waals surface area contributed by atoms with Crippen LogP contribution in [0.3, 0.4) is 0 Å². The van der Waals surface area contributed by atoms with Crippen molar-refractivity contribution in [3.8, 4) is 11.3 Å². The van der Waals surface area contributed by atoms with Gasteiger partial charge < -0.3 is 9.88 Å². The Hall–Kier alpha value is -4.00. The molecule has 4 aromatic rings. The molecule has 7 nitrogen and oxygen atoms in total. The number of hydrogen-bond acceptors (Lipinski definition) is 5. The Balaban J connectivity index is 1.42. The van der Waals surface area contributed by atoms with E-state index in [0.717, 1.165) is 59.3 Å². The van der Waals surface area contributed by atoms with Crippen molar-refractivity contribution in [2.24, 2.45) is 5.10 Å². The molecule has 2 N–H and O–H groups in total. The lowest BCUT2D eigenvalue weighted by molar-refractivity contribution is 0.0950. The third-order valence-electron chi connectivity index (χ3n) is 5.96. The molecule has 0 bridgehead atoms. The molecule has 7 heteroatoms. The number of nitrogens with zero attached hydrogens (tertiary/aromatic N) is 4. The Bertz CT molecular complexity index is 1310. The zero-order chi connectivity index (χ0) is 22.6. The van der Waals surface area contributed by atoms with Gasteiger partial charge in [-0.3, -0.25) is 4.79 Å². The van der Waals surface area contributed by atoms with Crippen LogP contribution in [0.2, 0.25) is 0 Å². The van der Waals surface area contributed by atoms with Crippen LogP contribution in [0.1, 0.15) is 41.0 Å². The van der Waals surface area contributed by atoms with Crippen LogP contribution in [0, 0.1) is 6.92 Å². The molecule has 5 rings (SSSR count). The number of H-pyrrole nitrogens is 1. The average molecular weight is 439 g/mol. The van der Waals surface area contributed by atoms with Crippen LogP contribution in [0.15, 0.2) is 65.8 Å². The van der Waals surface area contributed by atoms with Crippen LogP contribution >= 0.6 is 0 Å². The summed E-state index contributed by atoms with van der Waals surface area (Å²) in [5, 5.41) is 5.29. The molecule has 1 fully saturated rings. The monoisotopic (exact) mass is 438 g/mol. The number of nitrogens with one attached hydrogen (secondary N) is 2. The number of carbonyl (C=O) groups excluding carboxylic acids is 1. The number of anilines is 1. The Morgan fingerprint density at radius 2 is 1.79 bits per heavy atom. The molecule has 1 aliphatic heterocycles. The van der Waals surface area contributed by atoms with E-state index in [-0.39, 0.29) is 5.91 Å². The number of aromatic nitrogens is 3. The van der Waals surface area contributed by atoms with E-state index in [1.807, 2.05) is 61.5 Å². The van der Waals surface area contributed by atoms with E-state index in [4.69, 9.17) is 4.98 Å². The van der Waals surface area contributed by atoms with Gasteiger partial charge in [-0.15, -0.1) is 0 Å². The lowest BCUT2D eigenvalue weighted by Gasteiger charge is -2.27. The SMILES string of the molecule is Cc1[nH]c2ccccc2c1/C=N/NC(=O)c1cc(-c2ccccc2)nc(N2CCCCC2)n1. The highest BCUT2D eigenvalue weighted by atomic mass is 16.2. The van der Waals surface area contributed by atoms with Gasteiger partial charge in [-0.2, -0.15) is 5.10 Å². The van der Waals surface area contributed by atoms with E-state index in [2.05, 4.69) is 25.4 Å². The van der Waals surface area contributed by atoms with E-state index < -0.39 is 0 Å². The first-order chi connectivity index (χ1) is 16.2. The maximum atomic E-state index is 13.0. The summed E-state index contributed by atoms with van der Waals surface area (Å²) in [4.78, 5) is 27.9. The van der Waals surface area contributed by atoms with Gasteiger partial charge in [0.2, 0.25) is 5.95 Å². The number of amides is 1. The fraction of sp³-hybridized carbons (Fsp3) is 0.231. The maximum Gasteiger partial charge on any atom is 0.290 e. The summed E-state index contributed by atoms with van der Waals surface area (Å²) in [5.74, 6) is 0.235. The first-order valence-electron chi connectivity index (χ1n) is 11.3. The van der Waals surface area contributed by atoms with E-state index in [0.29, 0.717) is 11.6 Å². The van der Waals surface area contributed by atoms with Crippen LogP contribution in [-0.4, -0.2) is 40.2 Å². The normalized spacial score (nSPS) is 14.2. The average Bonchev–Trinajstić information content (AvgIpc) is 3.19. The minimum absolute atomic E-state index is 0.303. The van der Waals surface area contributed by atoms with E-state index in [1.165, 1.54) is 6.42 Å². The number of rotatable bonds is 5. The van der Waals surface area contributed by atoms with Gasteiger partial charge in [0.05, 0.1) is 11.9 Å².